The largest absolute Gasteiger partial charge is 0.385 e. The van der Waals surface area contributed by atoms with Gasteiger partial charge in [-0.3, -0.25) is 0 Å². The molecule has 0 saturated carbocycles. The van der Waals surface area contributed by atoms with E-state index < -0.39 is 0 Å². The van der Waals surface area contributed by atoms with Gasteiger partial charge in [0.15, 0.2) is 0 Å². The molecule has 0 bridgehead atoms. The van der Waals surface area contributed by atoms with Crippen molar-refractivity contribution in [2.75, 3.05) is 18.4 Å². The smallest absolute Gasteiger partial charge is 0.0340 e. The molecule has 0 spiro atoms. The molecule has 0 atom stereocenters. The SMILES string of the molecule is CCN.CCNc1ccccc1. The Morgan fingerprint density at radius 1 is 1.17 bits per heavy atom. The summed E-state index contributed by atoms with van der Waals surface area (Å²) in [5.74, 6) is 0. The van der Waals surface area contributed by atoms with Gasteiger partial charge in [-0.05, 0) is 25.6 Å². The Hall–Kier alpha value is -1.02. The van der Waals surface area contributed by atoms with Crippen LogP contribution in [0.5, 0.6) is 0 Å². The van der Waals surface area contributed by atoms with Gasteiger partial charge in [-0.25, -0.2) is 0 Å². The number of nitrogens with one attached hydrogen (secondary N) is 1. The van der Waals surface area contributed by atoms with Crippen LogP contribution < -0.4 is 11.1 Å². The Balaban J connectivity index is 0.000000354. The van der Waals surface area contributed by atoms with Crippen LogP contribution in [0.4, 0.5) is 5.69 Å². The number of hydrogen-bond donors (Lipinski definition) is 2. The average molecular weight is 166 g/mol. The van der Waals surface area contributed by atoms with Crippen LogP contribution in [0.1, 0.15) is 13.8 Å². The number of rotatable bonds is 2. The van der Waals surface area contributed by atoms with Crippen molar-refractivity contribution in [3.8, 4) is 0 Å². The summed E-state index contributed by atoms with van der Waals surface area (Å²) in [7, 11) is 0. The van der Waals surface area contributed by atoms with Gasteiger partial charge >= 0.3 is 0 Å². The summed E-state index contributed by atoms with van der Waals surface area (Å²) >= 11 is 0. The summed E-state index contributed by atoms with van der Waals surface area (Å²) in [6, 6.07) is 10.2. The fourth-order valence-electron chi connectivity index (χ4n) is 0.760. The molecule has 0 amide bonds. The van der Waals surface area contributed by atoms with Crippen molar-refractivity contribution in [3.05, 3.63) is 30.3 Å². The quantitative estimate of drug-likeness (QED) is 0.706. The van der Waals surface area contributed by atoms with Gasteiger partial charge < -0.3 is 11.1 Å². The molecule has 3 N–H and O–H groups in total. The second-order valence-electron chi connectivity index (χ2n) is 2.30. The molecule has 0 aliphatic heterocycles. The van der Waals surface area contributed by atoms with Gasteiger partial charge in [0.2, 0.25) is 0 Å². The maximum atomic E-state index is 4.85. The maximum absolute atomic E-state index is 4.85. The van der Waals surface area contributed by atoms with E-state index in [2.05, 4.69) is 24.4 Å². The van der Waals surface area contributed by atoms with Crippen molar-refractivity contribution in [2.45, 2.75) is 13.8 Å². The van der Waals surface area contributed by atoms with E-state index in [0.29, 0.717) is 0 Å². The lowest BCUT2D eigenvalue weighted by Crippen LogP contribution is -1.94. The highest BCUT2D eigenvalue weighted by Crippen LogP contribution is 2.02. The number of benzene rings is 1. The predicted molar refractivity (Wildman–Crippen MR) is 55.3 cm³/mol. The Labute approximate surface area is 74.8 Å². The third-order valence-electron chi connectivity index (χ3n) is 1.15. The molecule has 12 heavy (non-hydrogen) atoms. The monoisotopic (exact) mass is 166 g/mol. The zero-order valence-electron chi connectivity index (χ0n) is 7.88. The molecular formula is C10H18N2. The maximum Gasteiger partial charge on any atom is 0.0340 e. The van der Waals surface area contributed by atoms with E-state index in [9.17, 15) is 0 Å². The van der Waals surface area contributed by atoms with Crippen LogP contribution in [-0.4, -0.2) is 13.1 Å². The zero-order chi connectivity index (χ0) is 9.23. The number of para-hydroxylation sites is 1. The minimum atomic E-state index is 0.750. The van der Waals surface area contributed by atoms with Gasteiger partial charge in [-0.2, -0.15) is 0 Å². The molecular weight excluding hydrogens is 148 g/mol. The van der Waals surface area contributed by atoms with Crippen LogP contribution in [-0.2, 0) is 0 Å². The van der Waals surface area contributed by atoms with E-state index in [1.165, 1.54) is 5.69 Å². The molecule has 0 saturated heterocycles. The highest BCUT2D eigenvalue weighted by molar-refractivity contribution is 5.41. The second kappa shape index (κ2) is 8.08. The molecule has 0 aliphatic rings. The van der Waals surface area contributed by atoms with Crippen molar-refractivity contribution in [1.82, 2.24) is 0 Å². The Morgan fingerprint density at radius 2 is 1.67 bits per heavy atom. The van der Waals surface area contributed by atoms with E-state index in [1.54, 1.807) is 0 Å². The second-order valence-corrected chi connectivity index (χ2v) is 2.30. The van der Waals surface area contributed by atoms with Gasteiger partial charge in [0.05, 0.1) is 0 Å². The molecule has 2 heteroatoms. The van der Waals surface area contributed by atoms with Crippen LogP contribution in [0.3, 0.4) is 0 Å². The van der Waals surface area contributed by atoms with Crippen molar-refractivity contribution >= 4 is 5.69 Å². The van der Waals surface area contributed by atoms with E-state index in [4.69, 9.17) is 5.73 Å². The summed E-state index contributed by atoms with van der Waals surface area (Å²) in [5, 5.41) is 3.21. The topological polar surface area (TPSA) is 38.0 Å². The molecule has 1 aromatic carbocycles. The lowest BCUT2D eigenvalue weighted by atomic mass is 10.3. The highest BCUT2D eigenvalue weighted by atomic mass is 14.8. The summed E-state index contributed by atoms with van der Waals surface area (Å²) in [6.45, 7) is 5.73. The number of hydrogen-bond acceptors (Lipinski definition) is 2. The molecule has 2 nitrogen and oxygen atoms in total. The van der Waals surface area contributed by atoms with Crippen molar-refractivity contribution in [3.63, 3.8) is 0 Å². The van der Waals surface area contributed by atoms with Crippen molar-refractivity contribution in [1.29, 1.82) is 0 Å². The standard InChI is InChI=1S/C8H11N.C2H7N/c1-2-9-8-6-4-3-5-7-8;1-2-3/h3-7,9H,2H2,1H3;2-3H2,1H3. The Morgan fingerprint density at radius 3 is 2.08 bits per heavy atom. The zero-order valence-corrected chi connectivity index (χ0v) is 7.88. The molecule has 0 aliphatic carbocycles. The van der Waals surface area contributed by atoms with Gasteiger partial charge in [0.1, 0.15) is 0 Å². The van der Waals surface area contributed by atoms with Crippen LogP contribution >= 0.6 is 0 Å². The normalized spacial score (nSPS) is 8.25. The average Bonchev–Trinajstić information content (AvgIpc) is 2.08. The van der Waals surface area contributed by atoms with Crippen LogP contribution in [0.15, 0.2) is 30.3 Å². The van der Waals surface area contributed by atoms with Crippen LogP contribution in [0, 0.1) is 0 Å². The summed E-state index contributed by atoms with van der Waals surface area (Å²) in [6.07, 6.45) is 0. The van der Waals surface area contributed by atoms with Crippen LogP contribution in [0.2, 0.25) is 0 Å². The molecule has 1 rings (SSSR count). The first kappa shape index (κ1) is 11.0. The molecule has 68 valence electrons. The first-order chi connectivity index (χ1) is 5.85. The van der Waals surface area contributed by atoms with Gasteiger partial charge in [-0.15, -0.1) is 0 Å². The first-order valence-corrected chi connectivity index (χ1v) is 4.34. The lowest BCUT2D eigenvalue weighted by molar-refractivity contribution is 1.14. The van der Waals surface area contributed by atoms with Gasteiger partial charge in [-0.1, -0.05) is 25.1 Å². The molecule has 0 heterocycles. The molecule has 0 radical (unpaired) electrons. The minimum Gasteiger partial charge on any atom is -0.385 e. The van der Waals surface area contributed by atoms with Gasteiger partial charge in [0.25, 0.3) is 0 Å². The molecule has 0 unspecified atom stereocenters. The fourth-order valence-corrected chi connectivity index (χ4v) is 0.760. The Kier molecular flexibility index (Phi) is 7.39. The van der Waals surface area contributed by atoms with E-state index >= 15 is 0 Å². The lowest BCUT2D eigenvalue weighted by Gasteiger charge is -1.99. The van der Waals surface area contributed by atoms with E-state index in [1.807, 2.05) is 25.1 Å². The molecule has 0 fully saturated rings. The Bertz CT molecular complexity index is 172. The summed E-state index contributed by atoms with van der Waals surface area (Å²) in [5.41, 5.74) is 6.04. The van der Waals surface area contributed by atoms with Crippen molar-refractivity contribution < 1.29 is 0 Å². The summed E-state index contributed by atoms with van der Waals surface area (Å²) in [4.78, 5) is 0. The number of anilines is 1. The summed E-state index contributed by atoms with van der Waals surface area (Å²) < 4.78 is 0. The number of nitrogens with two attached hydrogens (primary N) is 1. The van der Waals surface area contributed by atoms with Crippen LogP contribution in [0.25, 0.3) is 0 Å². The first-order valence-electron chi connectivity index (χ1n) is 4.34. The van der Waals surface area contributed by atoms with Gasteiger partial charge in [0, 0.05) is 12.2 Å². The predicted octanol–water partition coefficient (Wildman–Crippen LogP) is 2.08. The third-order valence-corrected chi connectivity index (χ3v) is 1.15. The molecule has 0 aromatic heterocycles. The van der Waals surface area contributed by atoms with Crippen molar-refractivity contribution in [2.24, 2.45) is 5.73 Å². The van der Waals surface area contributed by atoms with E-state index in [0.717, 1.165) is 13.1 Å². The third kappa shape index (κ3) is 5.74. The minimum absolute atomic E-state index is 0.750. The van der Waals surface area contributed by atoms with E-state index in [-0.39, 0.29) is 0 Å². The molecule has 1 aromatic rings. The fraction of sp³-hybridized carbons (Fsp3) is 0.400. The highest BCUT2D eigenvalue weighted by Gasteiger charge is 1.81.